The number of hydrogen-bond acceptors (Lipinski definition) is 4. The maximum atomic E-state index is 9.07. The summed E-state index contributed by atoms with van der Waals surface area (Å²) in [5.41, 5.74) is 3.43. The molecule has 2 rings (SSSR count). The van der Waals surface area contributed by atoms with Crippen LogP contribution < -0.4 is 10.2 Å². The van der Waals surface area contributed by atoms with E-state index in [0.717, 1.165) is 17.9 Å². The van der Waals surface area contributed by atoms with Crippen molar-refractivity contribution in [2.24, 2.45) is 0 Å². The molecule has 1 aromatic heterocycles. The molecule has 1 heterocycles. The summed E-state index contributed by atoms with van der Waals surface area (Å²) < 4.78 is 0. The van der Waals surface area contributed by atoms with Crippen LogP contribution in [-0.4, -0.2) is 29.8 Å². The molecule has 1 unspecified atom stereocenters. The highest BCUT2D eigenvalue weighted by Crippen LogP contribution is 2.22. The fraction of sp³-hybridized carbons (Fsp3) is 0.353. The molecule has 1 atom stereocenters. The summed E-state index contributed by atoms with van der Waals surface area (Å²) in [6.45, 7) is 5.95. The van der Waals surface area contributed by atoms with E-state index < -0.39 is 0 Å². The standard InChI is InChI=1S/C17H23N3O/c1-3-20(12-13-21)17-6-4-16(5-7-17)19-14(2)15-8-10-18-11-9-15/h4-11,14,19,21H,3,12-13H2,1-2H3. The average Bonchev–Trinajstić information content (AvgIpc) is 2.54. The first-order valence-corrected chi connectivity index (χ1v) is 7.37. The molecular weight excluding hydrogens is 262 g/mol. The molecule has 0 bridgehead atoms. The highest BCUT2D eigenvalue weighted by Gasteiger charge is 2.06. The van der Waals surface area contributed by atoms with E-state index >= 15 is 0 Å². The first kappa shape index (κ1) is 15.3. The lowest BCUT2D eigenvalue weighted by atomic mass is 10.1. The second-order valence-corrected chi connectivity index (χ2v) is 5.00. The minimum absolute atomic E-state index is 0.174. The van der Waals surface area contributed by atoms with Gasteiger partial charge in [0, 0.05) is 42.9 Å². The van der Waals surface area contributed by atoms with E-state index in [1.165, 1.54) is 5.56 Å². The van der Waals surface area contributed by atoms with Gasteiger partial charge >= 0.3 is 0 Å². The normalized spacial score (nSPS) is 12.0. The van der Waals surface area contributed by atoms with Gasteiger partial charge in [0.2, 0.25) is 0 Å². The van der Waals surface area contributed by atoms with Crippen molar-refractivity contribution >= 4 is 11.4 Å². The van der Waals surface area contributed by atoms with Crippen molar-refractivity contribution in [3.05, 3.63) is 54.4 Å². The van der Waals surface area contributed by atoms with Crippen LogP contribution in [0.3, 0.4) is 0 Å². The van der Waals surface area contributed by atoms with E-state index in [1.54, 1.807) is 0 Å². The monoisotopic (exact) mass is 285 g/mol. The van der Waals surface area contributed by atoms with Crippen LogP contribution in [0, 0.1) is 0 Å². The number of aliphatic hydroxyl groups excluding tert-OH is 1. The molecule has 112 valence electrons. The average molecular weight is 285 g/mol. The second kappa shape index (κ2) is 7.64. The van der Waals surface area contributed by atoms with Crippen molar-refractivity contribution < 1.29 is 5.11 Å². The molecule has 4 heteroatoms. The highest BCUT2D eigenvalue weighted by atomic mass is 16.3. The van der Waals surface area contributed by atoms with Crippen molar-refractivity contribution in [2.45, 2.75) is 19.9 Å². The van der Waals surface area contributed by atoms with E-state index in [4.69, 9.17) is 5.11 Å². The van der Waals surface area contributed by atoms with Gasteiger partial charge in [-0.15, -0.1) is 0 Å². The number of pyridine rings is 1. The summed E-state index contributed by atoms with van der Waals surface area (Å²) in [5.74, 6) is 0. The van der Waals surface area contributed by atoms with Crippen LogP contribution >= 0.6 is 0 Å². The Morgan fingerprint density at radius 3 is 2.38 bits per heavy atom. The number of hydrogen-bond donors (Lipinski definition) is 2. The SMILES string of the molecule is CCN(CCO)c1ccc(NC(C)c2ccncc2)cc1. The Bertz CT molecular complexity index is 527. The van der Waals surface area contributed by atoms with Crippen LogP contribution in [0.15, 0.2) is 48.8 Å². The molecular formula is C17H23N3O. The molecule has 0 saturated heterocycles. The molecule has 0 aliphatic rings. The number of aliphatic hydroxyl groups is 1. The lowest BCUT2D eigenvalue weighted by Gasteiger charge is -2.22. The zero-order chi connectivity index (χ0) is 15.1. The summed E-state index contributed by atoms with van der Waals surface area (Å²) >= 11 is 0. The first-order chi connectivity index (χ1) is 10.2. The topological polar surface area (TPSA) is 48.4 Å². The molecule has 2 aromatic rings. The largest absolute Gasteiger partial charge is 0.395 e. The third-order valence-corrected chi connectivity index (χ3v) is 3.57. The van der Waals surface area contributed by atoms with Crippen molar-refractivity contribution in [2.75, 3.05) is 29.9 Å². The number of aromatic nitrogens is 1. The van der Waals surface area contributed by atoms with Crippen LogP contribution in [0.4, 0.5) is 11.4 Å². The molecule has 0 fully saturated rings. The Morgan fingerprint density at radius 2 is 1.81 bits per heavy atom. The minimum Gasteiger partial charge on any atom is -0.395 e. The van der Waals surface area contributed by atoms with Crippen molar-refractivity contribution in [3.63, 3.8) is 0 Å². The van der Waals surface area contributed by atoms with Gasteiger partial charge in [-0.3, -0.25) is 4.98 Å². The third kappa shape index (κ3) is 4.20. The van der Waals surface area contributed by atoms with Crippen molar-refractivity contribution in [1.29, 1.82) is 0 Å². The Labute approximate surface area is 126 Å². The van der Waals surface area contributed by atoms with E-state index in [1.807, 2.05) is 24.5 Å². The van der Waals surface area contributed by atoms with Gasteiger partial charge in [-0.1, -0.05) is 0 Å². The van der Waals surface area contributed by atoms with Crippen LogP contribution in [0.25, 0.3) is 0 Å². The second-order valence-electron chi connectivity index (χ2n) is 5.00. The van der Waals surface area contributed by atoms with Gasteiger partial charge in [0.15, 0.2) is 0 Å². The first-order valence-electron chi connectivity index (χ1n) is 7.37. The number of nitrogens with zero attached hydrogens (tertiary/aromatic N) is 2. The van der Waals surface area contributed by atoms with E-state index in [9.17, 15) is 0 Å². The van der Waals surface area contributed by atoms with Crippen LogP contribution in [-0.2, 0) is 0 Å². The molecule has 0 saturated carbocycles. The summed E-state index contributed by atoms with van der Waals surface area (Å²) in [7, 11) is 0. The Hall–Kier alpha value is -2.07. The fourth-order valence-electron chi connectivity index (χ4n) is 2.34. The van der Waals surface area contributed by atoms with Gasteiger partial charge in [-0.2, -0.15) is 0 Å². The zero-order valence-corrected chi connectivity index (χ0v) is 12.7. The van der Waals surface area contributed by atoms with Crippen LogP contribution in [0.5, 0.6) is 0 Å². The Balaban J connectivity index is 2.02. The molecule has 0 aliphatic carbocycles. The van der Waals surface area contributed by atoms with E-state index in [2.05, 4.69) is 53.3 Å². The van der Waals surface area contributed by atoms with Gasteiger partial charge < -0.3 is 15.3 Å². The number of nitrogens with one attached hydrogen (secondary N) is 1. The molecule has 0 spiro atoms. The van der Waals surface area contributed by atoms with Gasteiger partial charge in [-0.25, -0.2) is 0 Å². The van der Waals surface area contributed by atoms with Crippen LogP contribution in [0.1, 0.15) is 25.5 Å². The molecule has 0 radical (unpaired) electrons. The summed E-state index contributed by atoms with van der Waals surface area (Å²) in [5, 5.41) is 12.5. The summed E-state index contributed by atoms with van der Waals surface area (Å²) in [4.78, 5) is 6.19. The van der Waals surface area contributed by atoms with Crippen LogP contribution in [0.2, 0.25) is 0 Å². The maximum absolute atomic E-state index is 9.07. The predicted molar refractivity (Wildman–Crippen MR) is 87.7 cm³/mol. The number of likely N-dealkylation sites (N-methyl/N-ethyl adjacent to an activating group) is 1. The molecule has 2 N–H and O–H groups in total. The summed E-state index contributed by atoms with van der Waals surface area (Å²) in [6, 6.07) is 12.6. The minimum atomic E-state index is 0.174. The van der Waals surface area contributed by atoms with Crippen molar-refractivity contribution in [1.82, 2.24) is 4.98 Å². The van der Waals surface area contributed by atoms with E-state index in [-0.39, 0.29) is 12.6 Å². The number of benzene rings is 1. The highest BCUT2D eigenvalue weighted by molar-refractivity contribution is 5.55. The van der Waals surface area contributed by atoms with Crippen molar-refractivity contribution in [3.8, 4) is 0 Å². The molecule has 21 heavy (non-hydrogen) atoms. The van der Waals surface area contributed by atoms with Gasteiger partial charge in [-0.05, 0) is 55.8 Å². The fourth-order valence-corrected chi connectivity index (χ4v) is 2.34. The van der Waals surface area contributed by atoms with Gasteiger partial charge in [0.25, 0.3) is 0 Å². The molecule has 1 aromatic carbocycles. The predicted octanol–water partition coefficient (Wildman–Crippen LogP) is 3.07. The van der Waals surface area contributed by atoms with Gasteiger partial charge in [0.1, 0.15) is 0 Å². The third-order valence-electron chi connectivity index (χ3n) is 3.57. The smallest absolute Gasteiger partial charge is 0.0606 e. The summed E-state index contributed by atoms with van der Waals surface area (Å²) in [6.07, 6.45) is 3.62. The quantitative estimate of drug-likeness (QED) is 0.821. The number of rotatable bonds is 7. The molecule has 4 nitrogen and oxygen atoms in total. The van der Waals surface area contributed by atoms with Gasteiger partial charge in [0.05, 0.1) is 6.61 Å². The zero-order valence-electron chi connectivity index (χ0n) is 12.7. The molecule has 0 amide bonds. The maximum Gasteiger partial charge on any atom is 0.0606 e. The lowest BCUT2D eigenvalue weighted by molar-refractivity contribution is 0.302. The lowest BCUT2D eigenvalue weighted by Crippen LogP contribution is -2.25. The Kier molecular flexibility index (Phi) is 5.58. The number of anilines is 2. The Morgan fingerprint density at radius 1 is 1.14 bits per heavy atom. The van der Waals surface area contributed by atoms with E-state index in [0.29, 0.717) is 6.54 Å². The molecule has 0 aliphatic heterocycles.